The topological polar surface area (TPSA) is 23.6 Å². The lowest BCUT2D eigenvalue weighted by molar-refractivity contribution is -0.129. The highest BCUT2D eigenvalue weighted by atomic mass is 16.2. The predicted molar refractivity (Wildman–Crippen MR) is 87.2 cm³/mol. The van der Waals surface area contributed by atoms with Gasteiger partial charge in [0.15, 0.2) is 0 Å². The van der Waals surface area contributed by atoms with Gasteiger partial charge in [-0.3, -0.25) is 9.69 Å². The van der Waals surface area contributed by atoms with Crippen molar-refractivity contribution in [3.8, 4) is 0 Å². The summed E-state index contributed by atoms with van der Waals surface area (Å²) in [4.78, 5) is 15.9. The van der Waals surface area contributed by atoms with Gasteiger partial charge < -0.3 is 4.90 Å². The van der Waals surface area contributed by atoms with Crippen molar-refractivity contribution in [2.45, 2.75) is 45.6 Å². The Kier molecular flexibility index (Phi) is 6.24. The first-order valence-corrected chi connectivity index (χ1v) is 8.23. The molecule has 116 valence electrons. The molecule has 3 heteroatoms. The summed E-state index contributed by atoms with van der Waals surface area (Å²) >= 11 is 0. The first-order valence-electron chi connectivity index (χ1n) is 8.23. The predicted octanol–water partition coefficient (Wildman–Crippen LogP) is 3.08. The Balaban J connectivity index is 1.79. The van der Waals surface area contributed by atoms with Gasteiger partial charge in [-0.2, -0.15) is 0 Å². The number of piperidine rings is 1. The molecule has 0 N–H and O–H groups in total. The van der Waals surface area contributed by atoms with Gasteiger partial charge in [-0.1, -0.05) is 37.6 Å². The van der Waals surface area contributed by atoms with E-state index in [1.54, 1.807) is 0 Å². The number of carbonyl (C=O) groups is 1. The molecule has 0 saturated carbocycles. The minimum absolute atomic E-state index is 0.219. The van der Waals surface area contributed by atoms with E-state index in [0.717, 1.165) is 19.5 Å². The highest BCUT2D eigenvalue weighted by Crippen LogP contribution is 2.14. The van der Waals surface area contributed by atoms with Crippen molar-refractivity contribution >= 4 is 5.91 Å². The molecule has 1 aliphatic heterocycles. The molecule has 21 heavy (non-hydrogen) atoms. The Morgan fingerprint density at radius 3 is 2.33 bits per heavy atom. The van der Waals surface area contributed by atoms with Crippen molar-refractivity contribution in [1.82, 2.24) is 9.80 Å². The first kappa shape index (κ1) is 16.0. The standard InChI is InChI=1S/C18H28N2O/c1-3-18(21)19(2)14-11-16-7-9-17(10-8-16)15-20-12-5-4-6-13-20/h7-10H,3-6,11-15H2,1-2H3. The van der Waals surface area contributed by atoms with Crippen LogP contribution in [-0.2, 0) is 17.8 Å². The molecule has 0 spiro atoms. The molecule has 1 aliphatic rings. The number of rotatable bonds is 6. The molecular formula is C18H28N2O. The van der Waals surface area contributed by atoms with E-state index in [9.17, 15) is 4.79 Å². The number of hydrogen-bond acceptors (Lipinski definition) is 2. The number of carbonyl (C=O) groups excluding carboxylic acids is 1. The minimum Gasteiger partial charge on any atom is -0.345 e. The molecule has 3 nitrogen and oxygen atoms in total. The van der Waals surface area contributed by atoms with Crippen LogP contribution in [0.1, 0.15) is 43.7 Å². The third-order valence-electron chi connectivity index (χ3n) is 4.34. The fourth-order valence-electron chi connectivity index (χ4n) is 2.88. The van der Waals surface area contributed by atoms with Gasteiger partial charge in [0.25, 0.3) is 0 Å². The van der Waals surface area contributed by atoms with Crippen LogP contribution >= 0.6 is 0 Å². The summed E-state index contributed by atoms with van der Waals surface area (Å²) in [6.07, 6.45) is 5.60. The SMILES string of the molecule is CCC(=O)N(C)CCc1ccc(CN2CCCCC2)cc1. The third-order valence-corrected chi connectivity index (χ3v) is 4.34. The Labute approximate surface area is 128 Å². The van der Waals surface area contributed by atoms with Gasteiger partial charge in [-0.25, -0.2) is 0 Å². The molecule has 1 aromatic carbocycles. The molecule has 2 rings (SSSR count). The van der Waals surface area contributed by atoms with Gasteiger partial charge in [0.2, 0.25) is 5.91 Å². The van der Waals surface area contributed by atoms with Crippen molar-refractivity contribution < 1.29 is 4.79 Å². The largest absolute Gasteiger partial charge is 0.345 e. The molecule has 0 radical (unpaired) electrons. The Morgan fingerprint density at radius 2 is 1.71 bits per heavy atom. The van der Waals surface area contributed by atoms with E-state index in [1.165, 1.54) is 43.5 Å². The van der Waals surface area contributed by atoms with Crippen LogP contribution < -0.4 is 0 Å². The Hall–Kier alpha value is -1.35. The molecule has 0 bridgehead atoms. The fraction of sp³-hybridized carbons (Fsp3) is 0.611. The second-order valence-electron chi connectivity index (χ2n) is 6.07. The number of amides is 1. The molecule has 1 saturated heterocycles. The summed E-state index contributed by atoms with van der Waals surface area (Å²) in [6, 6.07) is 8.91. The quantitative estimate of drug-likeness (QED) is 0.803. The molecule has 0 aromatic heterocycles. The number of benzene rings is 1. The van der Waals surface area contributed by atoms with Crippen LogP contribution in [0.2, 0.25) is 0 Å². The van der Waals surface area contributed by atoms with Crippen LogP contribution in [0.15, 0.2) is 24.3 Å². The normalized spacial score (nSPS) is 15.9. The summed E-state index contributed by atoms with van der Waals surface area (Å²) in [6.45, 7) is 6.28. The van der Waals surface area contributed by atoms with E-state index in [2.05, 4.69) is 29.2 Å². The third kappa shape index (κ3) is 5.16. The second kappa shape index (κ2) is 8.18. The maximum absolute atomic E-state index is 11.5. The smallest absolute Gasteiger partial charge is 0.222 e. The monoisotopic (exact) mass is 288 g/mol. The van der Waals surface area contributed by atoms with E-state index >= 15 is 0 Å². The van der Waals surface area contributed by atoms with Crippen LogP contribution in [0.25, 0.3) is 0 Å². The first-order chi connectivity index (χ1) is 10.2. The lowest BCUT2D eigenvalue weighted by atomic mass is 10.1. The van der Waals surface area contributed by atoms with Gasteiger partial charge in [-0.05, 0) is 43.5 Å². The Bertz CT molecular complexity index is 435. The Morgan fingerprint density at radius 1 is 1.10 bits per heavy atom. The zero-order valence-corrected chi connectivity index (χ0v) is 13.5. The second-order valence-corrected chi connectivity index (χ2v) is 6.07. The summed E-state index contributed by atoms with van der Waals surface area (Å²) < 4.78 is 0. The van der Waals surface area contributed by atoms with Crippen LogP contribution in [0.4, 0.5) is 0 Å². The van der Waals surface area contributed by atoms with Crippen molar-refractivity contribution in [3.63, 3.8) is 0 Å². The zero-order valence-electron chi connectivity index (χ0n) is 13.5. The van der Waals surface area contributed by atoms with E-state index < -0.39 is 0 Å². The van der Waals surface area contributed by atoms with Crippen molar-refractivity contribution in [2.75, 3.05) is 26.7 Å². The molecule has 1 fully saturated rings. The van der Waals surface area contributed by atoms with E-state index in [0.29, 0.717) is 6.42 Å². The lowest BCUT2D eigenvalue weighted by Crippen LogP contribution is -2.29. The van der Waals surface area contributed by atoms with Crippen LogP contribution in [0.3, 0.4) is 0 Å². The van der Waals surface area contributed by atoms with E-state index in [1.807, 2.05) is 18.9 Å². The van der Waals surface area contributed by atoms with Gasteiger partial charge in [0, 0.05) is 26.6 Å². The number of hydrogen-bond donors (Lipinski definition) is 0. The summed E-state index contributed by atoms with van der Waals surface area (Å²) in [5.74, 6) is 0.219. The highest BCUT2D eigenvalue weighted by Gasteiger charge is 2.10. The van der Waals surface area contributed by atoms with E-state index in [-0.39, 0.29) is 5.91 Å². The summed E-state index contributed by atoms with van der Waals surface area (Å²) in [7, 11) is 1.89. The zero-order chi connectivity index (χ0) is 15.1. The van der Waals surface area contributed by atoms with Crippen LogP contribution in [0.5, 0.6) is 0 Å². The minimum atomic E-state index is 0.219. The summed E-state index contributed by atoms with van der Waals surface area (Å²) in [5, 5.41) is 0. The molecule has 1 heterocycles. The van der Waals surface area contributed by atoms with Gasteiger partial charge >= 0.3 is 0 Å². The average Bonchev–Trinajstić information content (AvgIpc) is 2.54. The fourth-order valence-corrected chi connectivity index (χ4v) is 2.88. The van der Waals surface area contributed by atoms with Gasteiger partial charge in [0.05, 0.1) is 0 Å². The molecule has 0 aliphatic carbocycles. The lowest BCUT2D eigenvalue weighted by Gasteiger charge is -2.26. The van der Waals surface area contributed by atoms with Crippen molar-refractivity contribution in [2.24, 2.45) is 0 Å². The molecular weight excluding hydrogens is 260 g/mol. The van der Waals surface area contributed by atoms with Crippen LogP contribution in [0, 0.1) is 0 Å². The molecule has 0 unspecified atom stereocenters. The number of likely N-dealkylation sites (tertiary alicyclic amines) is 1. The highest BCUT2D eigenvalue weighted by molar-refractivity contribution is 5.75. The maximum atomic E-state index is 11.5. The maximum Gasteiger partial charge on any atom is 0.222 e. The molecule has 1 aromatic rings. The average molecular weight is 288 g/mol. The summed E-state index contributed by atoms with van der Waals surface area (Å²) in [5.41, 5.74) is 2.71. The number of nitrogens with zero attached hydrogens (tertiary/aromatic N) is 2. The molecule has 0 atom stereocenters. The number of likely N-dealkylation sites (N-methyl/N-ethyl adjacent to an activating group) is 1. The van der Waals surface area contributed by atoms with Crippen molar-refractivity contribution in [3.05, 3.63) is 35.4 Å². The van der Waals surface area contributed by atoms with Crippen LogP contribution in [-0.4, -0.2) is 42.4 Å². The molecule has 1 amide bonds. The van der Waals surface area contributed by atoms with Crippen molar-refractivity contribution in [1.29, 1.82) is 0 Å². The van der Waals surface area contributed by atoms with E-state index in [4.69, 9.17) is 0 Å². The van der Waals surface area contributed by atoms with Gasteiger partial charge in [0.1, 0.15) is 0 Å². The van der Waals surface area contributed by atoms with Gasteiger partial charge in [-0.15, -0.1) is 0 Å².